The van der Waals surface area contributed by atoms with Crippen molar-refractivity contribution in [2.24, 2.45) is 0 Å². The molecular weight excluding hydrogens is 339 g/mol. The second-order valence-corrected chi connectivity index (χ2v) is 6.12. The van der Waals surface area contributed by atoms with E-state index in [4.69, 9.17) is 5.11 Å². The number of aromatic nitrogens is 1. The van der Waals surface area contributed by atoms with E-state index in [0.717, 1.165) is 12.5 Å². The molecule has 0 radical (unpaired) electrons. The van der Waals surface area contributed by atoms with Crippen molar-refractivity contribution in [1.29, 1.82) is 0 Å². The van der Waals surface area contributed by atoms with Crippen LogP contribution in [-0.2, 0) is 17.6 Å². The number of carbonyl (C=O) groups is 3. The molecule has 1 heterocycles. The first kappa shape index (κ1) is 19.4. The standard InChI is InChI=1S/C19H21FN2O4/c1-4-5-14-17(11(3)23)10(2)21-18(14)19(26)22-13-7-6-12(8-16(24)25)15(20)9-13/h6-7,9,21H,4-5,8H2,1-3H3,(H,22,26)(H,24,25). The molecule has 1 aromatic carbocycles. The maximum Gasteiger partial charge on any atom is 0.307 e. The normalized spacial score (nSPS) is 10.6. The van der Waals surface area contributed by atoms with Crippen LogP contribution < -0.4 is 5.32 Å². The quantitative estimate of drug-likeness (QED) is 0.658. The van der Waals surface area contributed by atoms with Gasteiger partial charge in [0.25, 0.3) is 5.91 Å². The van der Waals surface area contributed by atoms with Gasteiger partial charge in [-0.1, -0.05) is 19.4 Å². The van der Waals surface area contributed by atoms with Gasteiger partial charge in [0.2, 0.25) is 0 Å². The highest BCUT2D eigenvalue weighted by atomic mass is 19.1. The van der Waals surface area contributed by atoms with E-state index in [2.05, 4.69) is 10.3 Å². The fraction of sp³-hybridized carbons (Fsp3) is 0.316. The Kier molecular flexibility index (Phi) is 5.92. The smallest absolute Gasteiger partial charge is 0.307 e. The zero-order chi connectivity index (χ0) is 19.4. The third-order valence-electron chi connectivity index (χ3n) is 4.02. The molecule has 2 aromatic rings. The van der Waals surface area contributed by atoms with Crippen LogP contribution in [0.15, 0.2) is 18.2 Å². The first-order valence-electron chi connectivity index (χ1n) is 8.28. The summed E-state index contributed by atoms with van der Waals surface area (Å²) in [5.74, 6) is -2.44. The van der Waals surface area contributed by atoms with Gasteiger partial charge in [0.05, 0.1) is 6.42 Å². The van der Waals surface area contributed by atoms with Gasteiger partial charge < -0.3 is 15.4 Å². The lowest BCUT2D eigenvalue weighted by molar-refractivity contribution is -0.136. The molecule has 0 fully saturated rings. The number of benzene rings is 1. The van der Waals surface area contributed by atoms with E-state index in [9.17, 15) is 18.8 Å². The number of amides is 1. The van der Waals surface area contributed by atoms with Crippen molar-refractivity contribution in [2.45, 2.75) is 40.0 Å². The molecule has 0 atom stereocenters. The highest BCUT2D eigenvalue weighted by molar-refractivity contribution is 6.07. The van der Waals surface area contributed by atoms with E-state index in [-0.39, 0.29) is 22.7 Å². The molecule has 0 saturated heterocycles. The van der Waals surface area contributed by atoms with Gasteiger partial charge >= 0.3 is 5.97 Å². The number of carboxylic acids is 1. The van der Waals surface area contributed by atoms with E-state index in [1.54, 1.807) is 6.92 Å². The second-order valence-electron chi connectivity index (χ2n) is 6.12. The summed E-state index contributed by atoms with van der Waals surface area (Å²) < 4.78 is 14.0. The van der Waals surface area contributed by atoms with Crippen LogP contribution >= 0.6 is 0 Å². The zero-order valence-corrected chi connectivity index (χ0v) is 14.9. The Morgan fingerprint density at radius 3 is 2.50 bits per heavy atom. The molecule has 0 spiro atoms. The van der Waals surface area contributed by atoms with Gasteiger partial charge in [0.1, 0.15) is 11.5 Å². The van der Waals surface area contributed by atoms with Gasteiger partial charge in [-0.3, -0.25) is 14.4 Å². The zero-order valence-electron chi connectivity index (χ0n) is 14.9. The maximum absolute atomic E-state index is 14.0. The van der Waals surface area contributed by atoms with E-state index < -0.39 is 24.1 Å². The first-order chi connectivity index (χ1) is 12.2. The fourth-order valence-corrected chi connectivity index (χ4v) is 2.97. The summed E-state index contributed by atoms with van der Waals surface area (Å²) in [5.41, 5.74) is 2.31. The van der Waals surface area contributed by atoms with Gasteiger partial charge in [-0.15, -0.1) is 0 Å². The summed E-state index contributed by atoms with van der Waals surface area (Å²) in [7, 11) is 0. The summed E-state index contributed by atoms with van der Waals surface area (Å²) in [6.45, 7) is 5.13. The van der Waals surface area contributed by atoms with Crippen LogP contribution in [-0.4, -0.2) is 27.8 Å². The second kappa shape index (κ2) is 7.95. The van der Waals surface area contributed by atoms with E-state index >= 15 is 0 Å². The summed E-state index contributed by atoms with van der Waals surface area (Å²) in [5, 5.41) is 11.3. The number of ketones is 1. The molecule has 138 valence electrons. The van der Waals surface area contributed by atoms with Gasteiger partial charge in [-0.05, 0) is 43.5 Å². The third kappa shape index (κ3) is 4.17. The van der Waals surface area contributed by atoms with Crippen LogP contribution in [0.4, 0.5) is 10.1 Å². The van der Waals surface area contributed by atoms with Crippen LogP contribution in [0.1, 0.15) is 57.9 Å². The van der Waals surface area contributed by atoms with Crippen LogP contribution in [0.3, 0.4) is 0 Å². The van der Waals surface area contributed by atoms with Gasteiger partial charge in [0.15, 0.2) is 5.78 Å². The molecule has 1 aromatic heterocycles. The number of hydrogen-bond donors (Lipinski definition) is 3. The number of Topliss-reactive ketones (excluding diaryl/α,β-unsaturated/α-hetero) is 1. The number of anilines is 1. The third-order valence-corrected chi connectivity index (χ3v) is 4.02. The van der Waals surface area contributed by atoms with Crippen LogP contribution in [0.25, 0.3) is 0 Å². The molecule has 0 bridgehead atoms. The Morgan fingerprint density at radius 1 is 1.27 bits per heavy atom. The van der Waals surface area contributed by atoms with Gasteiger partial charge in [0, 0.05) is 16.9 Å². The molecule has 0 saturated carbocycles. The minimum absolute atomic E-state index is 0.0387. The van der Waals surface area contributed by atoms with Crippen molar-refractivity contribution in [3.05, 3.63) is 52.1 Å². The lowest BCUT2D eigenvalue weighted by Crippen LogP contribution is -2.15. The topological polar surface area (TPSA) is 99.3 Å². The molecule has 0 aliphatic heterocycles. The Bertz CT molecular complexity index is 871. The Balaban J connectivity index is 2.30. The molecule has 6 nitrogen and oxygen atoms in total. The van der Waals surface area contributed by atoms with Gasteiger partial charge in [-0.25, -0.2) is 4.39 Å². The number of aliphatic carboxylic acids is 1. The molecule has 0 aliphatic carbocycles. The fourth-order valence-electron chi connectivity index (χ4n) is 2.97. The van der Waals surface area contributed by atoms with Crippen LogP contribution in [0.2, 0.25) is 0 Å². The van der Waals surface area contributed by atoms with Crippen molar-refractivity contribution in [2.75, 3.05) is 5.32 Å². The highest BCUT2D eigenvalue weighted by Crippen LogP contribution is 2.23. The number of nitrogens with one attached hydrogen (secondary N) is 2. The Morgan fingerprint density at radius 2 is 1.96 bits per heavy atom. The van der Waals surface area contributed by atoms with Gasteiger partial charge in [-0.2, -0.15) is 0 Å². The monoisotopic (exact) mass is 360 g/mol. The van der Waals surface area contributed by atoms with Crippen LogP contribution in [0.5, 0.6) is 0 Å². The number of carbonyl (C=O) groups excluding carboxylic acids is 2. The van der Waals surface area contributed by atoms with Crippen molar-refractivity contribution in [3.8, 4) is 0 Å². The Labute approximate surface area is 150 Å². The molecule has 3 N–H and O–H groups in total. The van der Waals surface area contributed by atoms with Crippen molar-refractivity contribution in [3.63, 3.8) is 0 Å². The molecule has 1 amide bonds. The number of rotatable bonds is 7. The number of hydrogen-bond acceptors (Lipinski definition) is 3. The van der Waals surface area contributed by atoms with Crippen molar-refractivity contribution >= 4 is 23.3 Å². The average Bonchev–Trinajstić information content (AvgIpc) is 2.86. The lowest BCUT2D eigenvalue weighted by Gasteiger charge is -2.08. The summed E-state index contributed by atoms with van der Waals surface area (Å²) in [6, 6.07) is 3.85. The average molecular weight is 360 g/mol. The van der Waals surface area contributed by atoms with Crippen LogP contribution in [0, 0.1) is 12.7 Å². The summed E-state index contributed by atoms with van der Waals surface area (Å²) in [4.78, 5) is 38.1. The molecule has 0 aliphatic rings. The predicted octanol–water partition coefficient (Wildman–Crippen LogP) is 3.50. The summed E-state index contributed by atoms with van der Waals surface area (Å²) >= 11 is 0. The van der Waals surface area contributed by atoms with E-state index in [1.165, 1.54) is 19.1 Å². The highest BCUT2D eigenvalue weighted by Gasteiger charge is 2.22. The predicted molar refractivity (Wildman–Crippen MR) is 95.2 cm³/mol. The Hall–Kier alpha value is -2.96. The summed E-state index contributed by atoms with van der Waals surface area (Å²) in [6.07, 6.45) is 0.892. The molecule has 2 rings (SSSR count). The number of carboxylic acid groups (broad SMARTS) is 1. The minimum atomic E-state index is -1.14. The lowest BCUT2D eigenvalue weighted by atomic mass is 10.0. The van der Waals surface area contributed by atoms with Crippen molar-refractivity contribution in [1.82, 2.24) is 4.98 Å². The number of halogens is 1. The number of aromatic amines is 1. The maximum atomic E-state index is 14.0. The SMILES string of the molecule is CCCc1c(C(=O)Nc2ccc(CC(=O)O)c(F)c2)[nH]c(C)c1C(C)=O. The van der Waals surface area contributed by atoms with E-state index in [1.807, 2.05) is 6.92 Å². The number of aryl methyl sites for hydroxylation is 1. The largest absolute Gasteiger partial charge is 0.481 e. The van der Waals surface area contributed by atoms with E-state index in [0.29, 0.717) is 23.2 Å². The number of H-pyrrole nitrogens is 1. The van der Waals surface area contributed by atoms with Crippen molar-refractivity contribution < 1.29 is 23.9 Å². The molecule has 0 unspecified atom stereocenters. The first-order valence-corrected chi connectivity index (χ1v) is 8.28. The molecule has 7 heteroatoms. The molecular formula is C19H21FN2O4. The molecule has 26 heavy (non-hydrogen) atoms. The minimum Gasteiger partial charge on any atom is -0.481 e.